The van der Waals surface area contributed by atoms with E-state index in [0.29, 0.717) is 110 Å². The van der Waals surface area contributed by atoms with Gasteiger partial charge in [-0.1, -0.05) is 6.07 Å². The lowest BCUT2D eigenvalue weighted by molar-refractivity contribution is 0.122. The van der Waals surface area contributed by atoms with Gasteiger partial charge in [-0.05, 0) is 66.8 Å². The van der Waals surface area contributed by atoms with Gasteiger partial charge in [-0.3, -0.25) is 25.0 Å². The van der Waals surface area contributed by atoms with Crippen LogP contribution in [-0.2, 0) is 46.9 Å². The number of aromatic nitrogens is 10. The molecule has 89 heavy (non-hydrogen) atoms. The summed E-state index contributed by atoms with van der Waals surface area (Å²) in [4.78, 5) is 72.2. The number of anilines is 6. The van der Waals surface area contributed by atoms with Crippen molar-refractivity contribution in [2.24, 2.45) is 25.0 Å². The molecule has 5 aromatic heterocycles. The first-order chi connectivity index (χ1) is 43.3. The Kier molecular flexibility index (Phi) is 19.7. The predicted molar refractivity (Wildman–Crippen MR) is 344 cm³/mol. The van der Waals surface area contributed by atoms with E-state index in [4.69, 9.17) is 30.4 Å². The van der Waals surface area contributed by atoms with Gasteiger partial charge in [0.2, 0.25) is 0 Å². The fourth-order valence-electron chi connectivity index (χ4n) is 10.8. The topological polar surface area (TPSA) is 305 Å². The number of benzene rings is 2. The van der Waals surface area contributed by atoms with E-state index < -0.39 is 5.82 Å². The maximum atomic E-state index is 14.6. The molecule has 13 heterocycles. The van der Waals surface area contributed by atoms with E-state index in [9.17, 15) is 8.78 Å². The van der Waals surface area contributed by atoms with Crippen molar-refractivity contribution in [2.45, 2.75) is 52.7 Å². The van der Waals surface area contributed by atoms with Gasteiger partial charge in [0, 0.05) is 77.8 Å². The Balaban J connectivity index is 0.000000117. The third kappa shape index (κ3) is 14.0. The number of hydrogen-bond donors (Lipinski definition) is 3. The van der Waals surface area contributed by atoms with Gasteiger partial charge in [-0.25, -0.2) is 58.6 Å². The first-order valence-electron chi connectivity index (χ1n) is 29.0. The molecule has 0 atom stereocenters. The maximum absolute atomic E-state index is 14.6. The van der Waals surface area contributed by atoms with Gasteiger partial charge in [0.1, 0.15) is 76.1 Å². The minimum absolute atomic E-state index is 0.0748. The van der Waals surface area contributed by atoms with Crippen LogP contribution in [0.15, 0.2) is 93.0 Å². The zero-order valence-electron chi connectivity index (χ0n) is 49.9. The second-order valence-corrected chi connectivity index (χ2v) is 22.3. The van der Waals surface area contributed by atoms with Crippen molar-refractivity contribution in [3.05, 3.63) is 147 Å². The molecule has 3 saturated heterocycles. The van der Waals surface area contributed by atoms with Crippen molar-refractivity contribution in [2.75, 3.05) is 132 Å². The van der Waals surface area contributed by atoms with E-state index in [1.165, 1.54) is 31.1 Å². The number of nitrogen functional groups attached to an aromatic ring is 2. The molecular formula is C60H67F2IN22O4. The average Bonchev–Trinajstić information content (AvgIpc) is 2.23. The van der Waals surface area contributed by atoms with Gasteiger partial charge >= 0.3 is 0 Å². The Morgan fingerprint density at radius 1 is 0.551 bits per heavy atom. The molecule has 7 aromatic rings. The van der Waals surface area contributed by atoms with E-state index in [2.05, 4.69) is 113 Å². The quantitative estimate of drug-likeness (QED) is 0.162. The van der Waals surface area contributed by atoms with Crippen molar-refractivity contribution in [3.63, 3.8) is 0 Å². The highest BCUT2D eigenvalue weighted by Crippen LogP contribution is 2.32. The number of amidine groups is 1. The molecule has 3 fully saturated rings. The summed E-state index contributed by atoms with van der Waals surface area (Å²) in [6, 6.07) is 10.0. The highest BCUT2D eigenvalue weighted by atomic mass is 127. The van der Waals surface area contributed by atoms with Crippen LogP contribution < -0.4 is 36.2 Å². The predicted octanol–water partition coefficient (Wildman–Crippen LogP) is 5.32. The summed E-state index contributed by atoms with van der Waals surface area (Å²) in [6.45, 7) is 15.9. The zero-order valence-corrected chi connectivity index (χ0v) is 52.1. The van der Waals surface area contributed by atoms with E-state index in [-0.39, 0.29) is 17.7 Å². The molecule has 0 bridgehead atoms. The summed E-state index contributed by atoms with van der Waals surface area (Å²) >= 11 is 2.26. The van der Waals surface area contributed by atoms with E-state index in [1.54, 1.807) is 37.9 Å². The molecule has 0 unspecified atom stereocenters. The highest BCUT2D eigenvalue weighted by Gasteiger charge is 2.28. The normalized spacial score (nSPS) is 16.4. The first kappa shape index (κ1) is 61.7. The van der Waals surface area contributed by atoms with Crippen molar-refractivity contribution in [1.82, 2.24) is 54.7 Å². The van der Waals surface area contributed by atoms with Gasteiger partial charge in [-0.2, -0.15) is 0 Å². The standard InChI is InChI=1S/C16H16FN5O.C16H17FN4O.C10H11IN4O.C10H12N4O.C8H11N5/c17-11-7-10(1-2-13(11)22-3-5-23-6-4-22)15-14-12(8-19-15)20-9-21-16(14)18;1-9(2)22-13-5-4-10(6-11(13)17)15-14-12(7-19-15)20-8-21-16(14)18-3;11-9-8-7(5-12-9)13-6-14-10(8)15-1-3-16-4-2-15;1-3-15-4-2-14(1)10-8-5-11-6-9(8)12-7-13-10;1-13(2)8-6-5(3-10-8)11-4-12-7(6)9/h1-2,7,9H,3-6,8H2,(H2,18,20,21);4-6,8-9H,7H2,1-3H3,(H,18,20,21);6H,1-5H2;5,7H,1-4,6H2;4H,3H2,1-2H3,(H2,9,11,12). The van der Waals surface area contributed by atoms with E-state index in [1.807, 2.05) is 50.0 Å². The van der Waals surface area contributed by atoms with Gasteiger partial charge < -0.3 is 55.3 Å². The minimum atomic E-state index is -0.398. The third-order valence-corrected chi connectivity index (χ3v) is 15.9. The van der Waals surface area contributed by atoms with Crippen LogP contribution in [0.2, 0.25) is 0 Å². The summed E-state index contributed by atoms with van der Waals surface area (Å²) in [5, 5.41) is 3.03. The molecule has 0 radical (unpaired) electrons. The molecule has 462 valence electrons. The lowest BCUT2D eigenvalue weighted by atomic mass is 10.0. The summed E-state index contributed by atoms with van der Waals surface area (Å²) in [6.07, 6.45) is 9.46. The molecule has 0 spiro atoms. The molecule has 26 nitrogen and oxygen atoms in total. The van der Waals surface area contributed by atoms with Crippen molar-refractivity contribution in [3.8, 4) is 5.75 Å². The monoisotopic (exact) mass is 1320 g/mol. The fourth-order valence-corrected chi connectivity index (χ4v) is 11.5. The number of halogens is 3. The van der Waals surface area contributed by atoms with Crippen LogP contribution in [0.5, 0.6) is 5.75 Å². The summed E-state index contributed by atoms with van der Waals surface area (Å²) in [7, 11) is 5.65. The van der Waals surface area contributed by atoms with Crippen LogP contribution >= 0.6 is 22.6 Å². The zero-order chi connectivity index (χ0) is 62.0. The highest BCUT2D eigenvalue weighted by molar-refractivity contribution is 14.1. The second-order valence-electron chi connectivity index (χ2n) is 21.2. The molecule has 8 aliphatic heterocycles. The largest absolute Gasteiger partial charge is 0.488 e. The van der Waals surface area contributed by atoms with Crippen molar-refractivity contribution in [1.29, 1.82) is 0 Å². The van der Waals surface area contributed by atoms with Crippen LogP contribution in [0.3, 0.4) is 0 Å². The second kappa shape index (κ2) is 28.5. The molecule has 5 N–H and O–H groups in total. The van der Waals surface area contributed by atoms with Crippen LogP contribution in [-0.4, -0.2) is 188 Å². The molecule has 2 aromatic carbocycles. The van der Waals surface area contributed by atoms with Crippen LogP contribution in [0.4, 0.5) is 43.6 Å². The third-order valence-electron chi connectivity index (χ3n) is 15.0. The summed E-state index contributed by atoms with van der Waals surface area (Å²) in [5.41, 5.74) is 24.3. The average molecular weight is 1330 g/mol. The number of rotatable bonds is 8. The Hall–Kier alpha value is -8.94. The Labute approximate surface area is 526 Å². The maximum Gasteiger partial charge on any atom is 0.165 e. The summed E-state index contributed by atoms with van der Waals surface area (Å²) in [5.74, 6) is 4.05. The molecular weight excluding hydrogens is 1260 g/mol. The smallest absolute Gasteiger partial charge is 0.165 e. The number of morpholine rings is 3. The number of fused-ring (bicyclic) bond motifs is 5. The minimum Gasteiger partial charge on any atom is -0.488 e. The van der Waals surface area contributed by atoms with Crippen LogP contribution in [0, 0.1) is 11.6 Å². The number of nitrogens with zero attached hydrogens (tertiary/aromatic N) is 19. The number of nitrogens with two attached hydrogens (primary N) is 2. The molecule has 15 rings (SSSR count). The fraction of sp³-hybridized carbons (Fsp3) is 0.383. The lowest BCUT2D eigenvalue weighted by Gasteiger charge is -2.29. The number of ether oxygens (including phenoxy) is 4. The van der Waals surface area contributed by atoms with Crippen molar-refractivity contribution >= 4 is 84.6 Å². The van der Waals surface area contributed by atoms with E-state index >= 15 is 0 Å². The van der Waals surface area contributed by atoms with Crippen LogP contribution in [0.1, 0.15) is 81.3 Å². The molecule has 0 saturated carbocycles. The van der Waals surface area contributed by atoms with Gasteiger partial charge in [0.15, 0.2) is 11.6 Å². The number of nitrogens with one attached hydrogen (secondary N) is 1. The Bertz CT molecular complexity index is 3870. The Morgan fingerprint density at radius 2 is 1.04 bits per heavy atom. The Morgan fingerprint density at radius 3 is 1.65 bits per heavy atom. The van der Waals surface area contributed by atoms with Gasteiger partial charge in [0.25, 0.3) is 0 Å². The number of hydrogen-bond acceptors (Lipinski definition) is 26. The first-order valence-corrected chi connectivity index (χ1v) is 30.1. The lowest BCUT2D eigenvalue weighted by Crippen LogP contribution is -2.37. The van der Waals surface area contributed by atoms with Crippen LogP contribution in [0.25, 0.3) is 0 Å². The van der Waals surface area contributed by atoms with Crippen molar-refractivity contribution < 1.29 is 27.7 Å². The molecule has 0 amide bonds. The summed E-state index contributed by atoms with van der Waals surface area (Å²) < 4.78 is 51.2. The molecule has 0 aliphatic carbocycles. The number of aliphatic imine (C=N–C) groups is 5. The SMILES string of the molecule is C1=NCc2ncnc(N3CCOCC3)c21.CN(C)C1=NCc2ncnc(N)c21.CNc1ncnc2c1C(c1ccc(OC(C)C)c(F)c1)=NC2.IC1=NCc2ncnc(N3CCOCC3)c21.Nc1ncnc2c1C(c1ccc(N3CCOCC3)c(F)c1)=NC2. The van der Waals surface area contributed by atoms with E-state index in [0.717, 1.165) is 125 Å². The molecule has 29 heteroatoms. The van der Waals surface area contributed by atoms with Gasteiger partial charge in [0.05, 0.1) is 152 Å². The van der Waals surface area contributed by atoms with Gasteiger partial charge in [-0.15, -0.1) is 0 Å². The molecule has 8 aliphatic rings.